The van der Waals surface area contributed by atoms with Crippen LogP contribution in [0.3, 0.4) is 0 Å². The molecule has 4 heteroatoms. The molecular formula is C15H22O4. The maximum Gasteiger partial charge on any atom is 0.150 e. The van der Waals surface area contributed by atoms with E-state index in [1.165, 1.54) is 0 Å². The third-order valence-electron chi connectivity index (χ3n) is 2.54. The van der Waals surface area contributed by atoms with Crippen molar-refractivity contribution in [3.63, 3.8) is 0 Å². The van der Waals surface area contributed by atoms with Crippen LogP contribution < -0.4 is 0 Å². The SMILES string of the molecule is C=CCOC[C@H]1OC=C[C@H](OCC=C)[C@@H]1OCC=C. The Labute approximate surface area is 115 Å². The van der Waals surface area contributed by atoms with Crippen molar-refractivity contribution in [1.82, 2.24) is 0 Å². The Morgan fingerprint density at radius 2 is 1.68 bits per heavy atom. The Kier molecular flexibility index (Phi) is 7.89. The van der Waals surface area contributed by atoms with Gasteiger partial charge < -0.3 is 18.9 Å². The molecule has 3 atom stereocenters. The summed E-state index contributed by atoms with van der Waals surface area (Å²) in [5.41, 5.74) is 0. The van der Waals surface area contributed by atoms with Crippen molar-refractivity contribution in [2.75, 3.05) is 26.4 Å². The molecule has 0 unspecified atom stereocenters. The topological polar surface area (TPSA) is 36.9 Å². The first-order valence-electron chi connectivity index (χ1n) is 6.29. The van der Waals surface area contributed by atoms with E-state index in [-0.39, 0.29) is 18.3 Å². The third-order valence-corrected chi connectivity index (χ3v) is 2.54. The smallest absolute Gasteiger partial charge is 0.150 e. The van der Waals surface area contributed by atoms with Gasteiger partial charge in [-0.25, -0.2) is 0 Å². The van der Waals surface area contributed by atoms with Gasteiger partial charge in [-0.1, -0.05) is 18.2 Å². The molecule has 0 N–H and O–H groups in total. The fourth-order valence-corrected chi connectivity index (χ4v) is 1.73. The van der Waals surface area contributed by atoms with Gasteiger partial charge in [-0.2, -0.15) is 0 Å². The Balaban J connectivity index is 2.59. The quantitative estimate of drug-likeness (QED) is 0.449. The number of hydrogen-bond donors (Lipinski definition) is 0. The summed E-state index contributed by atoms with van der Waals surface area (Å²) in [6, 6.07) is 0. The van der Waals surface area contributed by atoms with E-state index in [0.29, 0.717) is 26.4 Å². The second-order valence-electron chi connectivity index (χ2n) is 4.00. The maximum absolute atomic E-state index is 5.73. The molecular weight excluding hydrogens is 244 g/mol. The van der Waals surface area contributed by atoms with E-state index in [2.05, 4.69) is 19.7 Å². The normalized spacial score (nSPS) is 25.6. The first kappa shape index (κ1) is 15.7. The van der Waals surface area contributed by atoms with Gasteiger partial charge >= 0.3 is 0 Å². The molecule has 0 aromatic rings. The largest absolute Gasteiger partial charge is 0.493 e. The van der Waals surface area contributed by atoms with Gasteiger partial charge in [0.25, 0.3) is 0 Å². The van der Waals surface area contributed by atoms with Crippen LogP contribution in [0.25, 0.3) is 0 Å². The van der Waals surface area contributed by atoms with Crippen molar-refractivity contribution >= 4 is 0 Å². The zero-order chi connectivity index (χ0) is 13.9. The molecule has 19 heavy (non-hydrogen) atoms. The summed E-state index contributed by atoms with van der Waals surface area (Å²) in [6.45, 7) is 12.7. The molecule has 106 valence electrons. The molecule has 0 spiro atoms. The van der Waals surface area contributed by atoms with Crippen LogP contribution in [0.2, 0.25) is 0 Å². The van der Waals surface area contributed by atoms with Gasteiger partial charge in [-0.3, -0.25) is 0 Å². The van der Waals surface area contributed by atoms with Crippen LogP contribution in [-0.4, -0.2) is 44.7 Å². The van der Waals surface area contributed by atoms with Gasteiger partial charge in [0, 0.05) is 0 Å². The van der Waals surface area contributed by atoms with Gasteiger partial charge in [-0.15, -0.1) is 19.7 Å². The highest BCUT2D eigenvalue weighted by molar-refractivity contribution is 4.99. The number of ether oxygens (including phenoxy) is 4. The van der Waals surface area contributed by atoms with Crippen LogP contribution in [0.15, 0.2) is 50.3 Å². The highest BCUT2D eigenvalue weighted by Gasteiger charge is 2.33. The van der Waals surface area contributed by atoms with E-state index in [1.807, 2.05) is 6.08 Å². The lowest BCUT2D eigenvalue weighted by Crippen LogP contribution is -2.46. The van der Waals surface area contributed by atoms with Crippen molar-refractivity contribution in [1.29, 1.82) is 0 Å². The van der Waals surface area contributed by atoms with E-state index in [1.54, 1.807) is 24.5 Å². The zero-order valence-electron chi connectivity index (χ0n) is 11.2. The first-order chi connectivity index (χ1) is 9.33. The summed E-state index contributed by atoms with van der Waals surface area (Å²) in [4.78, 5) is 0. The molecule has 0 aromatic heterocycles. The molecule has 0 saturated heterocycles. The van der Waals surface area contributed by atoms with Crippen molar-refractivity contribution < 1.29 is 18.9 Å². The van der Waals surface area contributed by atoms with E-state index in [0.717, 1.165) is 0 Å². The summed E-state index contributed by atoms with van der Waals surface area (Å²) in [5.74, 6) is 0. The molecule has 0 aromatic carbocycles. The van der Waals surface area contributed by atoms with E-state index in [9.17, 15) is 0 Å². The fraction of sp³-hybridized carbons (Fsp3) is 0.467. The van der Waals surface area contributed by atoms with Gasteiger partial charge in [0.15, 0.2) is 0 Å². The summed E-state index contributed by atoms with van der Waals surface area (Å²) in [6.07, 6.45) is 7.95. The average molecular weight is 266 g/mol. The molecule has 1 rings (SSSR count). The lowest BCUT2D eigenvalue weighted by atomic mass is 10.1. The molecule has 1 aliphatic heterocycles. The van der Waals surface area contributed by atoms with E-state index in [4.69, 9.17) is 18.9 Å². The summed E-state index contributed by atoms with van der Waals surface area (Å²) >= 11 is 0. The minimum atomic E-state index is -0.229. The predicted molar refractivity (Wildman–Crippen MR) is 74.9 cm³/mol. The predicted octanol–water partition coefficient (Wildman–Crippen LogP) is 2.24. The Hall–Kier alpha value is -1.36. The standard InChI is InChI=1S/C15H22O4/c1-4-8-16-12-14-15(19-10-6-3)13(7-11-18-14)17-9-5-2/h4-7,11,13-15H,1-3,8-10,12H2/t13-,14+,15-/m0/s1. The Bertz CT molecular complexity index is 311. The zero-order valence-corrected chi connectivity index (χ0v) is 11.2. The second kappa shape index (κ2) is 9.55. The van der Waals surface area contributed by atoms with Crippen LogP contribution in [0.1, 0.15) is 0 Å². The molecule has 0 saturated carbocycles. The second-order valence-corrected chi connectivity index (χ2v) is 4.00. The minimum Gasteiger partial charge on any atom is -0.493 e. The molecule has 0 radical (unpaired) electrons. The van der Waals surface area contributed by atoms with Crippen LogP contribution >= 0.6 is 0 Å². The van der Waals surface area contributed by atoms with Crippen molar-refractivity contribution in [3.8, 4) is 0 Å². The number of hydrogen-bond acceptors (Lipinski definition) is 4. The number of rotatable bonds is 10. The molecule has 1 heterocycles. The molecule has 1 aliphatic rings. The first-order valence-corrected chi connectivity index (χ1v) is 6.29. The lowest BCUT2D eigenvalue weighted by molar-refractivity contribution is -0.128. The molecule has 0 fully saturated rings. The molecule has 0 amide bonds. The van der Waals surface area contributed by atoms with Crippen LogP contribution in [0, 0.1) is 0 Å². The van der Waals surface area contributed by atoms with Crippen molar-refractivity contribution in [2.24, 2.45) is 0 Å². The summed E-state index contributed by atoms with van der Waals surface area (Å²) in [7, 11) is 0. The van der Waals surface area contributed by atoms with Gasteiger partial charge in [0.05, 0.1) is 32.7 Å². The molecule has 0 bridgehead atoms. The monoisotopic (exact) mass is 266 g/mol. The van der Waals surface area contributed by atoms with Crippen molar-refractivity contribution in [3.05, 3.63) is 50.3 Å². The third kappa shape index (κ3) is 5.42. The van der Waals surface area contributed by atoms with Gasteiger partial charge in [-0.05, 0) is 6.08 Å². The Morgan fingerprint density at radius 3 is 2.37 bits per heavy atom. The van der Waals surface area contributed by atoms with Crippen LogP contribution in [0.4, 0.5) is 0 Å². The lowest BCUT2D eigenvalue weighted by Gasteiger charge is -2.34. The fourth-order valence-electron chi connectivity index (χ4n) is 1.73. The summed E-state index contributed by atoms with van der Waals surface area (Å²) in [5, 5.41) is 0. The summed E-state index contributed by atoms with van der Waals surface area (Å²) < 4.78 is 22.4. The van der Waals surface area contributed by atoms with Crippen LogP contribution in [0.5, 0.6) is 0 Å². The minimum absolute atomic E-state index is 0.177. The maximum atomic E-state index is 5.73. The average Bonchev–Trinajstić information content (AvgIpc) is 2.44. The van der Waals surface area contributed by atoms with E-state index < -0.39 is 0 Å². The Morgan fingerprint density at radius 1 is 1.00 bits per heavy atom. The van der Waals surface area contributed by atoms with Gasteiger partial charge in [0.1, 0.15) is 18.3 Å². The van der Waals surface area contributed by atoms with Crippen LogP contribution in [-0.2, 0) is 18.9 Å². The van der Waals surface area contributed by atoms with E-state index >= 15 is 0 Å². The van der Waals surface area contributed by atoms with Crippen molar-refractivity contribution in [2.45, 2.75) is 18.3 Å². The highest BCUT2D eigenvalue weighted by Crippen LogP contribution is 2.19. The molecule has 4 nitrogen and oxygen atoms in total. The van der Waals surface area contributed by atoms with Gasteiger partial charge in [0.2, 0.25) is 0 Å². The highest BCUT2D eigenvalue weighted by atomic mass is 16.6. The molecule has 0 aliphatic carbocycles.